The largest absolute Gasteiger partial charge is 0.417 e. The lowest BCUT2D eigenvalue weighted by molar-refractivity contribution is -0.137. The maximum atomic E-state index is 12.9. The molecule has 0 fully saturated rings. The summed E-state index contributed by atoms with van der Waals surface area (Å²) in [7, 11) is 0. The summed E-state index contributed by atoms with van der Waals surface area (Å²) in [4.78, 5) is 13.0. The van der Waals surface area contributed by atoms with Crippen LogP contribution in [0.25, 0.3) is 0 Å². The normalized spacial score (nSPS) is 12.7. The predicted octanol–water partition coefficient (Wildman–Crippen LogP) is 3.89. The fourth-order valence-electron chi connectivity index (χ4n) is 2.16. The number of alkyl halides is 3. The predicted molar refractivity (Wildman–Crippen MR) is 87.0 cm³/mol. The van der Waals surface area contributed by atoms with Crippen LogP contribution in [0.3, 0.4) is 0 Å². The molecule has 0 heterocycles. The van der Waals surface area contributed by atoms with E-state index >= 15 is 0 Å². The fourth-order valence-corrected chi connectivity index (χ4v) is 2.57. The number of hydrogen-bond acceptors (Lipinski definition) is 3. The first-order chi connectivity index (χ1) is 11.3. The summed E-state index contributed by atoms with van der Waals surface area (Å²) in [6, 6.07) is 11.6. The number of nitrogens with one attached hydrogen (secondary N) is 1. The van der Waals surface area contributed by atoms with Crippen molar-refractivity contribution in [3.63, 3.8) is 0 Å². The van der Waals surface area contributed by atoms with Gasteiger partial charge in [-0.1, -0.05) is 24.3 Å². The maximum absolute atomic E-state index is 12.9. The monoisotopic (exact) mass is 355 g/mol. The van der Waals surface area contributed by atoms with Gasteiger partial charge in [-0.25, -0.2) is 0 Å². The zero-order valence-electron chi connectivity index (χ0n) is 12.8. The molecule has 0 saturated carbocycles. The molecule has 2 rings (SSSR count). The first kappa shape index (κ1) is 18.4. The first-order valence-electron chi connectivity index (χ1n) is 7.09. The minimum absolute atomic E-state index is 0.177. The van der Waals surface area contributed by atoms with Crippen molar-refractivity contribution in [2.75, 3.05) is 12.8 Å². The molecule has 1 amide bonds. The van der Waals surface area contributed by atoms with Crippen LogP contribution in [0.4, 0.5) is 13.2 Å². The molecule has 7 heteroatoms. The van der Waals surface area contributed by atoms with Crippen LogP contribution in [-0.2, 0) is 6.18 Å². The lowest BCUT2D eigenvalue weighted by Gasteiger charge is -2.15. The van der Waals surface area contributed by atoms with Gasteiger partial charge < -0.3 is 10.4 Å². The smallest absolute Gasteiger partial charge is 0.387 e. The van der Waals surface area contributed by atoms with Crippen molar-refractivity contribution in [1.82, 2.24) is 5.32 Å². The van der Waals surface area contributed by atoms with Gasteiger partial charge in [-0.15, -0.1) is 11.8 Å². The Hall–Kier alpha value is -1.99. The number of aliphatic hydroxyl groups excluding tert-OH is 1. The summed E-state index contributed by atoms with van der Waals surface area (Å²) >= 11 is 1.55. The van der Waals surface area contributed by atoms with Gasteiger partial charge in [0.25, 0.3) is 5.91 Å². The molecule has 0 saturated heterocycles. The highest BCUT2D eigenvalue weighted by molar-refractivity contribution is 7.98. The molecule has 0 radical (unpaired) electrons. The van der Waals surface area contributed by atoms with Crippen LogP contribution in [0.2, 0.25) is 0 Å². The number of aliphatic hydroxyl groups is 1. The molecule has 0 bridgehead atoms. The third kappa shape index (κ3) is 4.52. The lowest BCUT2D eigenvalue weighted by atomic mass is 10.1. The van der Waals surface area contributed by atoms with E-state index in [2.05, 4.69) is 5.32 Å². The molecule has 24 heavy (non-hydrogen) atoms. The lowest BCUT2D eigenvalue weighted by Crippen LogP contribution is -2.30. The Balaban J connectivity index is 2.05. The number of hydrogen-bond donors (Lipinski definition) is 2. The van der Waals surface area contributed by atoms with Crippen molar-refractivity contribution in [1.29, 1.82) is 0 Å². The third-order valence-electron chi connectivity index (χ3n) is 3.43. The van der Waals surface area contributed by atoms with Gasteiger partial charge in [0.1, 0.15) is 0 Å². The number of carbonyl (C=O) groups is 1. The second-order valence-electron chi connectivity index (χ2n) is 5.04. The molecule has 2 N–H and O–H groups in total. The molecule has 0 aliphatic heterocycles. The van der Waals surface area contributed by atoms with Crippen LogP contribution in [-0.4, -0.2) is 23.8 Å². The maximum Gasteiger partial charge on any atom is 0.417 e. The van der Waals surface area contributed by atoms with Gasteiger partial charge in [0.2, 0.25) is 0 Å². The van der Waals surface area contributed by atoms with Crippen molar-refractivity contribution >= 4 is 17.7 Å². The van der Waals surface area contributed by atoms with E-state index < -0.39 is 29.3 Å². The van der Waals surface area contributed by atoms with Gasteiger partial charge in [-0.05, 0) is 36.1 Å². The van der Waals surface area contributed by atoms with Crippen molar-refractivity contribution in [2.24, 2.45) is 0 Å². The summed E-state index contributed by atoms with van der Waals surface area (Å²) in [6.07, 6.45) is -3.69. The molecule has 128 valence electrons. The summed E-state index contributed by atoms with van der Waals surface area (Å²) in [6.45, 7) is -0.177. The van der Waals surface area contributed by atoms with E-state index in [0.29, 0.717) is 5.56 Å². The highest BCUT2D eigenvalue weighted by Crippen LogP contribution is 2.31. The second kappa shape index (κ2) is 7.72. The van der Waals surface area contributed by atoms with Crippen LogP contribution in [0.15, 0.2) is 53.4 Å². The van der Waals surface area contributed by atoms with Crippen molar-refractivity contribution in [2.45, 2.75) is 17.2 Å². The SMILES string of the molecule is CSc1ccc([C@@H](O)CNC(=O)c2ccccc2C(F)(F)F)cc1. The van der Waals surface area contributed by atoms with E-state index in [4.69, 9.17) is 0 Å². The molecule has 2 aromatic rings. The van der Waals surface area contributed by atoms with Gasteiger partial charge >= 0.3 is 6.18 Å². The van der Waals surface area contributed by atoms with Crippen LogP contribution < -0.4 is 5.32 Å². The van der Waals surface area contributed by atoms with Gasteiger partial charge in [-0.3, -0.25) is 4.79 Å². The quantitative estimate of drug-likeness (QED) is 0.800. The first-order valence-corrected chi connectivity index (χ1v) is 8.32. The molecule has 0 aliphatic carbocycles. The number of carbonyl (C=O) groups excluding carboxylic acids is 1. The average molecular weight is 355 g/mol. The van der Waals surface area contributed by atoms with Gasteiger partial charge in [0, 0.05) is 11.4 Å². The van der Waals surface area contributed by atoms with E-state index in [9.17, 15) is 23.1 Å². The Morgan fingerprint density at radius 1 is 1.17 bits per heavy atom. The number of halogens is 3. The molecule has 2 aromatic carbocycles. The fraction of sp³-hybridized carbons (Fsp3) is 0.235. The number of benzene rings is 2. The van der Waals surface area contributed by atoms with Gasteiger partial charge in [0.05, 0.1) is 17.2 Å². The second-order valence-corrected chi connectivity index (χ2v) is 5.92. The van der Waals surface area contributed by atoms with E-state index in [1.165, 1.54) is 12.1 Å². The van der Waals surface area contributed by atoms with Crippen LogP contribution in [0, 0.1) is 0 Å². The van der Waals surface area contributed by atoms with Crippen molar-refractivity contribution in [3.8, 4) is 0 Å². The molecule has 0 spiro atoms. The molecule has 1 atom stereocenters. The van der Waals surface area contributed by atoms with Gasteiger partial charge in [-0.2, -0.15) is 13.2 Å². The highest BCUT2D eigenvalue weighted by Gasteiger charge is 2.34. The topological polar surface area (TPSA) is 49.3 Å². The molecular weight excluding hydrogens is 339 g/mol. The van der Waals surface area contributed by atoms with E-state index in [-0.39, 0.29) is 6.54 Å². The van der Waals surface area contributed by atoms with Crippen LogP contribution in [0.1, 0.15) is 27.6 Å². The highest BCUT2D eigenvalue weighted by atomic mass is 32.2. The molecule has 0 aliphatic rings. The number of rotatable bonds is 5. The Labute approximate surface area is 141 Å². The summed E-state index contributed by atoms with van der Waals surface area (Å²) in [5.74, 6) is -0.872. The zero-order valence-corrected chi connectivity index (χ0v) is 13.6. The van der Waals surface area contributed by atoms with Crippen LogP contribution in [0.5, 0.6) is 0 Å². The molecule has 0 unspecified atom stereocenters. The van der Waals surface area contributed by atoms with E-state index in [0.717, 1.165) is 17.0 Å². The number of thioether (sulfide) groups is 1. The summed E-state index contributed by atoms with van der Waals surface area (Å²) < 4.78 is 38.7. The summed E-state index contributed by atoms with van der Waals surface area (Å²) in [5, 5.41) is 12.4. The molecule has 3 nitrogen and oxygen atoms in total. The standard InChI is InChI=1S/C17H16F3NO2S/c1-24-12-8-6-11(7-9-12)15(22)10-21-16(23)13-4-2-3-5-14(13)17(18,19)20/h2-9,15,22H,10H2,1H3,(H,21,23)/t15-/m0/s1. The van der Waals surface area contributed by atoms with Crippen molar-refractivity contribution in [3.05, 3.63) is 65.2 Å². The average Bonchev–Trinajstić information content (AvgIpc) is 2.58. The van der Waals surface area contributed by atoms with Gasteiger partial charge in [0.15, 0.2) is 0 Å². The Kier molecular flexibility index (Phi) is 5.90. The minimum Gasteiger partial charge on any atom is -0.387 e. The number of amides is 1. The zero-order chi connectivity index (χ0) is 17.7. The molecule has 0 aromatic heterocycles. The summed E-state index contributed by atoms with van der Waals surface area (Å²) in [5.41, 5.74) is -0.881. The van der Waals surface area contributed by atoms with Crippen LogP contribution >= 0.6 is 11.8 Å². The Bertz CT molecular complexity index is 702. The van der Waals surface area contributed by atoms with E-state index in [1.54, 1.807) is 23.9 Å². The minimum atomic E-state index is -4.61. The molecular formula is C17H16F3NO2S. The Morgan fingerprint density at radius 3 is 2.38 bits per heavy atom. The van der Waals surface area contributed by atoms with Crippen molar-refractivity contribution < 1.29 is 23.1 Å². The van der Waals surface area contributed by atoms with E-state index in [1.807, 2.05) is 18.4 Å². The third-order valence-corrected chi connectivity index (χ3v) is 4.18. The Morgan fingerprint density at radius 2 is 1.79 bits per heavy atom.